The molecule has 2 unspecified atom stereocenters. The average molecular weight is 410 g/mol. The third kappa shape index (κ3) is 4.55. The van der Waals surface area contributed by atoms with Gasteiger partial charge in [0, 0.05) is 0 Å². The Balaban J connectivity index is 1.69. The first-order valence-corrected chi connectivity index (χ1v) is 9.88. The molecule has 158 valence electrons. The van der Waals surface area contributed by atoms with Gasteiger partial charge in [-0.05, 0) is 63.8 Å². The minimum absolute atomic E-state index is 0.387. The van der Waals surface area contributed by atoms with E-state index >= 15 is 0 Å². The van der Waals surface area contributed by atoms with Crippen molar-refractivity contribution in [2.45, 2.75) is 50.7 Å². The molecule has 0 saturated heterocycles. The van der Waals surface area contributed by atoms with E-state index in [1.54, 1.807) is 50.2 Å². The molecular formula is C24H26O6. The molecule has 6 nitrogen and oxygen atoms in total. The van der Waals surface area contributed by atoms with Crippen LogP contribution in [0.3, 0.4) is 0 Å². The van der Waals surface area contributed by atoms with Gasteiger partial charge in [-0.3, -0.25) is 9.78 Å². The molecule has 6 heteroatoms. The highest BCUT2D eigenvalue weighted by molar-refractivity contribution is 5.91. The van der Waals surface area contributed by atoms with Gasteiger partial charge in [0.05, 0.1) is 11.1 Å². The van der Waals surface area contributed by atoms with Crippen molar-refractivity contribution in [2.75, 3.05) is 0 Å². The second kappa shape index (κ2) is 8.98. The zero-order valence-electron chi connectivity index (χ0n) is 17.3. The Labute approximate surface area is 176 Å². The summed E-state index contributed by atoms with van der Waals surface area (Å²) >= 11 is 0. The lowest BCUT2D eigenvalue weighted by Gasteiger charge is -2.44. The second-order valence-corrected chi connectivity index (χ2v) is 7.73. The molecule has 3 rings (SSSR count). The minimum atomic E-state index is -1.34. The molecule has 0 spiro atoms. The first kappa shape index (κ1) is 22.0. The monoisotopic (exact) mass is 410 g/mol. The van der Waals surface area contributed by atoms with Crippen LogP contribution < -0.4 is 0 Å². The fourth-order valence-corrected chi connectivity index (χ4v) is 3.44. The van der Waals surface area contributed by atoms with Gasteiger partial charge in [-0.2, -0.15) is 9.78 Å². The summed E-state index contributed by atoms with van der Waals surface area (Å²) in [6, 6.07) is 14.0. The van der Waals surface area contributed by atoms with Crippen LogP contribution in [0.15, 0.2) is 48.5 Å². The van der Waals surface area contributed by atoms with Crippen molar-refractivity contribution >= 4 is 11.9 Å². The van der Waals surface area contributed by atoms with Crippen molar-refractivity contribution in [2.24, 2.45) is 0 Å². The Morgan fingerprint density at radius 2 is 1.10 bits per heavy atom. The number of carbonyl (C=O) groups excluding carboxylic acids is 2. The highest BCUT2D eigenvalue weighted by Gasteiger charge is 2.53. The van der Waals surface area contributed by atoms with Gasteiger partial charge in [0.25, 0.3) is 0 Å². The predicted molar refractivity (Wildman–Crippen MR) is 110 cm³/mol. The van der Waals surface area contributed by atoms with Gasteiger partial charge in [0.1, 0.15) is 11.2 Å². The number of benzene rings is 2. The third-order valence-electron chi connectivity index (χ3n) is 5.53. The predicted octanol–water partition coefficient (Wildman–Crippen LogP) is 4.90. The molecule has 2 radical (unpaired) electrons. The molecule has 2 aromatic carbocycles. The maximum Gasteiger partial charge on any atom is 0.373 e. The summed E-state index contributed by atoms with van der Waals surface area (Å²) in [5.74, 6) is -1.28. The molecule has 0 bridgehead atoms. The molecule has 0 N–H and O–H groups in total. The van der Waals surface area contributed by atoms with Gasteiger partial charge in [0.15, 0.2) is 0 Å². The van der Waals surface area contributed by atoms with Crippen LogP contribution in [0.5, 0.6) is 0 Å². The van der Waals surface area contributed by atoms with Gasteiger partial charge in [-0.25, -0.2) is 9.59 Å². The molecule has 0 aliphatic heterocycles. The summed E-state index contributed by atoms with van der Waals surface area (Å²) in [5.41, 5.74) is -0.378. The summed E-state index contributed by atoms with van der Waals surface area (Å²) in [7, 11) is 0. The molecule has 2 aromatic rings. The Hall–Kier alpha value is -2.70. The largest absolute Gasteiger partial charge is 0.373 e. The van der Waals surface area contributed by atoms with E-state index in [2.05, 4.69) is 13.8 Å². The Kier molecular flexibility index (Phi) is 6.58. The van der Waals surface area contributed by atoms with Crippen molar-refractivity contribution in [3.05, 3.63) is 84.6 Å². The number of hydrogen-bond acceptors (Lipinski definition) is 6. The van der Waals surface area contributed by atoms with Crippen molar-refractivity contribution in [1.29, 1.82) is 0 Å². The Morgan fingerprint density at radius 3 is 1.47 bits per heavy atom. The van der Waals surface area contributed by atoms with E-state index in [4.69, 9.17) is 19.6 Å². The molecule has 1 saturated carbocycles. The Bertz CT molecular complexity index is 848. The van der Waals surface area contributed by atoms with E-state index in [1.807, 2.05) is 12.1 Å². The van der Waals surface area contributed by atoms with Gasteiger partial charge in [-0.15, -0.1) is 0 Å². The van der Waals surface area contributed by atoms with Crippen LogP contribution >= 0.6 is 0 Å². The van der Waals surface area contributed by atoms with Crippen molar-refractivity contribution < 1.29 is 29.1 Å². The van der Waals surface area contributed by atoms with Crippen LogP contribution in [0, 0.1) is 27.7 Å². The van der Waals surface area contributed by atoms with Crippen LogP contribution in [0.25, 0.3) is 0 Å². The second-order valence-electron chi connectivity index (χ2n) is 7.73. The maximum absolute atomic E-state index is 12.4. The molecule has 0 heterocycles. The smallest absolute Gasteiger partial charge is 0.292 e. The van der Waals surface area contributed by atoms with E-state index < -0.39 is 23.1 Å². The van der Waals surface area contributed by atoms with Crippen LogP contribution in [-0.4, -0.2) is 23.1 Å². The summed E-state index contributed by atoms with van der Waals surface area (Å²) in [4.78, 5) is 46.0. The summed E-state index contributed by atoms with van der Waals surface area (Å²) in [5, 5.41) is 0. The van der Waals surface area contributed by atoms with Gasteiger partial charge in [-0.1, -0.05) is 49.2 Å². The number of carbonyl (C=O) groups is 2. The van der Waals surface area contributed by atoms with Gasteiger partial charge in [0.2, 0.25) is 0 Å². The van der Waals surface area contributed by atoms with Crippen LogP contribution in [0.1, 0.15) is 57.5 Å². The zero-order valence-corrected chi connectivity index (χ0v) is 17.3. The van der Waals surface area contributed by atoms with Gasteiger partial charge < -0.3 is 0 Å². The molecule has 2 atom stereocenters. The van der Waals surface area contributed by atoms with Crippen LogP contribution in [-0.2, 0) is 19.6 Å². The molecular weight excluding hydrogens is 384 g/mol. The molecule has 1 aliphatic carbocycles. The van der Waals surface area contributed by atoms with Crippen molar-refractivity contribution in [3.63, 3.8) is 0 Å². The van der Waals surface area contributed by atoms with Gasteiger partial charge >= 0.3 is 11.9 Å². The first-order chi connectivity index (χ1) is 14.3. The normalized spacial score (nSPS) is 23.6. The van der Waals surface area contributed by atoms with Crippen molar-refractivity contribution in [1.82, 2.24) is 0 Å². The topological polar surface area (TPSA) is 71.1 Å². The lowest BCUT2D eigenvalue weighted by molar-refractivity contribution is -0.403. The molecule has 30 heavy (non-hydrogen) atoms. The number of rotatable bonds is 6. The number of hydrogen-bond donors (Lipinski definition) is 0. The summed E-state index contributed by atoms with van der Waals surface area (Å²) in [6.07, 6.45) is 2.38. The highest BCUT2D eigenvalue weighted by atomic mass is 17.2. The molecule has 1 aliphatic rings. The first-order valence-electron chi connectivity index (χ1n) is 9.88. The SMILES string of the molecule is [CH2]C1(OOC(=O)c2ccccc2C)CCCCC1([CH2])OOC(=O)c1ccccc1C. The van der Waals surface area contributed by atoms with E-state index in [1.165, 1.54) is 0 Å². The molecule has 1 fully saturated rings. The maximum atomic E-state index is 12.4. The van der Waals surface area contributed by atoms with E-state index in [0.717, 1.165) is 24.0 Å². The zero-order chi connectivity index (χ0) is 21.8. The third-order valence-corrected chi connectivity index (χ3v) is 5.53. The quantitative estimate of drug-likeness (QED) is 0.498. The lowest BCUT2D eigenvalue weighted by atomic mass is 9.74. The number of aryl methyl sites for hydroxylation is 2. The van der Waals surface area contributed by atoms with Crippen LogP contribution in [0.4, 0.5) is 0 Å². The summed E-state index contributed by atoms with van der Waals surface area (Å²) in [6.45, 7) is 11.7. The molecule has 0 aromatic heterocycles. The van der Waals surface area contributed by atoms with Crippen LogP contribution in [0.2, 0.25) is 0 Å². The lowest BCUT2D eigenvalue weighted by Crippen LogP contribution is -2.56. The van der Waals surface area contributed by atoms with E-state index in [0.29, 0.717) is 24.0 Å². The fraction of sp³-hybridized carbons (Fsp3) is 0.333. The fourth-order valence-electron chi connectivity index (χ4n) is 3.44. The standard InChI is InChI=1S/C24H26O6/c1-17-11-5-7-13-19(17)21(25)27-29-23(3)15-9-10-16-24(23,4)30-28-22(26)20-14-8-6-12-18(20)2/h5-8,11-14H,3-4,9-10,15-16H2,1-2H3. The highest BCUT2D eigenvalue weighted by Crippen LogP contribution is 2.42. The molecule has 0 amide bonds. The minimum Gasteiger partial charge on any atom is -0.292 e. The van der Waals surface area contributed by atoms with Crippen molar-refractivity contribution in [3.8, 4) is 0 Å². The van der Waals surface area contributed by atoms with E-state index in [-0.39, 0.29) is 0 Å². The summed E-state index contributed by atoms with van der Waals surface area (Å²) < 4.78 is 0. The van der Waals surface area contributed by atoms with E-state index in [9.17, 15) is 9.59 Å². The average Bonchev–Trinajstić information content (AvgIpc) is 2.73. The Morgan fingerprint density at radius 1 is 0.733 bits per heavy atom.